The summed E-state index contributed by atoms with van der Waals surface area (Å²) in [5.41, 5.74) is 0.777. The van der Waals surface area contributed by atoms with Crippen molar-refractivity contribution in [1.29, 1.82) is 0 Å². The standard InChI is InChI=1S/C10H12N2O4/c1-5-6(2)16-11-9(5)12-4-7(10(14)15)3-8(12)13/h7H,3-4H2,1-2H3,(H,14,15). The molecule has 1 fully saturated rings. The van der Waals surface area contributed by atoms with Gasteiger partial charge >= 0.3 is 5.97 Å². The van der Waals surface area contributed by atoms with Crippen LogP contribution in [0.4, 0.5) is 5.82 Å². The fraction of sp³-hybridized carbons (Fsp3) is 0.500. The Morgan fingerprint density at radius 1 is 1.56 bits per heavy atom. The van der Waals surface area contributed by atoms with Crippen LogP contribution in [0, 0.1) is 19.8 Å². The zero-order valence-electron chi connectivity index (χ0n) is 9.06. The summed E-state index contributed by atoms with van der Waals surface area (Å²) in [4.78, 5) is 23.8. The van der Waals surface area contributed by atoms with E-state index in [0.717, 1.165) is 5.56 Å². The molecule has 1 N–H and O–H groups in total. The van der Waals surface area contributed by atoms with Crippen LogP contribution in [0.5, 0.6) is 0 Å². The zero-order chi connectivity index (χ0) is 11.9. The maximum absolute atomic E-state index is 11.6. The summed E-state index contributed by atoms with van der Waals surface area (Å²) in [5.74, 6) is -0.741. The van der Waals surface area contributed by atoms with E-state index in [4.69, 9.17) is 9.63 Å². The second kappa shape index (κ2) is 3.62. The fourth-order valence-electron chi connectivity index (χ4n) is 1.74. The molecule has 1 amide bonds. The maximum Gasteiger partial charge on any atom is 0.308 e. The minimum absolute atomic E-state index is 0.0285. The van der Waals surface area contributed by atoms with E-state index in [-0.39, 0.29) is 18.9 Å². The van der Waals surface area contributed by atoms with Crippen molar-refractivity contribution in [2.75, 3.05) is 11.4 Å². The van der Waals surface area contributed by atoms with Gasteiger partial charge in [0.2, 0.25) is 5.91 Å². The first kappa shape index (κ1) is 10.7. The number of carboxylic acid groups (broad SMARTS) is 1. The highest BCUT2D eigenvalue weighted by atomic mass is 16.5. The van der Waals surface area contributed by atoms with Crippen LogP contribution in [0.25, 0.3) is 0 Å². The number of aromatic nitrogens is 1. The van der Waals surface area contributed by atoms with Crippen molar-refractivity contribution in [3.05, 3.63) is 11.3 Å². The molecule has 0 aromatic carbocycles. The Balaban J connectivity index is 2.26. The molecule has 0 aliphatic carbocycles. The minimum atomic E-state index is -0.950. The highest BCUT2D eigenvalue weighted by Gasteiger charge is 2.37. The zero-order valence-corrected chi connectivity index (χ0v) is 9.06. The number of aryl methyl sites for hydroxylation is 1. The molecule has 2 rings (SSSR count). The van der Waals surface area contributed by atoms with Crippen molar-refractivity contribution in [2.45, 2.75) is 20.3 Å². The molecule has 1 aliphatic heterocycles. The number of nitrogens with zero attached hydrogens (tertiary/aromatic N) is 2. The van der Waals surface area contributed by atoms with E-state index in [1.807, 2.05) is 0 Å². The average molecular weight is 224 g/mol. The van der Waals surface area contributed by atoms with Crippen LogP contribution in [-0.2, 0) is 9.59 Å². The summed E-state index contributed by atoms with van der Waals surface area (Å²) in [7, 11) is 0. The first-order chi connectivity index (χ1) is 7.50. The van der Waals surface area contributed by atoms with Crippen LogP contribution in [0.1, 0.15) is 17.7 Å². The van der Waals surface area contributed by atoms with Gasteiger partial charge in [0.25, 0.3) is 0 Å². The van der Waals surface area contributed by atoms with E-state index in [2.05, 4.69) is 5.16 Å². The highest BCUT2D eigenvalue weighted by Crippen LogP contribution is 2.28. The number of hydrogen-bond acceptors (Lipinski definition) is 4. The molecule has 1 unspecified atom stereocenters. The van der Waals surface area contributed by atoms with Gasteiger partial charge in [-0.2, -0.15) is 0 Å². The summed E-state index contributed by atoms with van der Waals surface area (Å²) in [6.07, 6.45) is 0.0285. The molecular weight excluding hydrogens is 212 g/mol. The van der Waals surface area contributed by atoms with Gasteiger partial charge in [-0.05, 0) is 13.8 Å². The average Bonchev–Trinajstić information content (AvgIpc) is 2.73. The summed E-state index contributed by atoms with van der Waals surface area (Å²) < 4.78 is 4.96. The van der Waals surface area contributed by atoms with Crippen LogP contribution >= 0.6 is 0 Å². The molecule has 6 heteroatoms. The van der Waals surface area contributed by atoms with E-state index in [1.54, 1.807) is 13.8 Å². The molecule has 6 nitrogen and oxygen atoms in total. The van der Waals surface area contributed by atoms with Crippen molar-refractivity contribution in [1.82, 2.24) is 5.16 Å². The number of hydrogen-bond donors (Lipinski definition) is 1. The molecule has 0 radical (unpaired) electrons. The second-order valence-corrected chi connectivity index (χ2v) is 3.93. The molecule has 0 bridgehead atoms. The Labute approximate surface area is 91.8 Å². The van der Waals surface area contributed by atoms with Gasteiger partial charge in [-0.3, -0.25) is 14.5 Å². The van der Waals surface area contributed by atoms with E-state index in [0.29, 0.717) is 11.6 Å². The molecular formula is C10H12N2O4. The van der Waals surface area contributed by atoms with Crippen molar-refractivity contribution < 1.29 is 19.2 Å². The molecule has 2 heterocycles. The van der Waals surface area contributed by atoms with Crippen molar-refractivity contribution in [2.24, 2.45) is 5.92 Å². The number of aliphatic carboxylic acids is 1. The number of rotatable bonds is 2. The molecule has 1 atom stereocenters. The van der Waals surface area contributed by atoms with E-state index in [1.165, 1.54) is 4.90 Å². The monoisotopic (exact) mass is 224 g/mol. The lowest BCUT2D eigenvalue weighted by Crippen LogP contribution is -2.26. The summed E-state index contributed by atoms with van der Waals surface area (Å²) in [6.45, 7) is 3.71. The van der Waals surface area contributed by atoms with Gasteiger partial charge in [0.05, 0.1) is 5.92 Å². The predicted molar refractivity (Wildman–Crippen MR) is 54.1 cm³/mol. The maximum atomic E-state index is 11.6. The number of carbonyl (C=O) groups is 2. The van der Waals surface area contributed by atoms with Crippen LogP contribution in [0.2, 0.25) is 0 Å². The largest absolute Gasteiger partial charge is 0.481 e. The summed E-state index contributed by atoms with van der Waals surface area (Å²) in [5, 5.41) is 12.6. The molecule has 1 aliphatic rings. The first-order valence-corrected chi connectivity index (χ1v) is 4.96. The molecule has 86 valence electrons. The van der Waals surface area contributed by atoms with Gasteiger partial charge in [0.1, 0.15) is 5.76 Å². The van der Waals surface area contributed by atoms with Gasteiger partial charge in [-0.1, -0.05) is 5.16 Å². The third kappa shape index (κ3) is 1.56. The lowest BCUT2D eigenvalue weighted by Gasteiger charge is -2.12. The molecule has 1 aromatic heterocycles. The third-order valence-corrected chi connectivity index (χ3v) is 2.86. The number of carbonyl (C=O) groups excluding carboxylic acids is 1. The van der Waals surface area contributed by atoms with Crippen LogP contribution in [0.15, 0.2) is 4.52 Å². The van der Waals surface area contributed by atoms with Gasteiger partial charge < -0.3 is 9.63 Å². The first-order valence-electron chi connectivity index (χ1n) is 4.96. The number of anilines is 1. The van der Waals surface area contributed by atoms with Crippen LogP contribution in [0.3, 0.4) is 0 Å². The fourth-order valence-corrected chi connectivity index (χ4v) is 1.74. The van der Waals surface area contributed by atoms with Gasteiger partial charge in [-0.25, -0.2) is 0 Å². The lowest BCUT2D eigenvalue weighted by molar-refractivity contribution is -0.141. The molecule has 1 saturated heterocycles. The van der Waals surface area contributed by atoms with Crippen molar-refractivity contribution >= 4 is 17.7 Å². The Morgan fingerprint density at radius 2 is 2.25 bits per heavy atom. The van der Waals surface area contributed by atoms with Crippen LogP contribution in [-0.4, -0.2) is 28.7 Å². The van der Waals surface area contributed by atoms with Gasteiger partial charge in [0.15, 0.2) is 5.82 Å². The lowest BCUT2D eigenvalue weighted by atomic mass is 10.1. The quantitative estimate of drug-likeness (QED) is 0.800. The third-order valence-electron chi connectivity index (χ3n) is 2.86. The van der Waals surface area contributed by atoms with E-state index in [9.17, 15) is 9.59 Å². The Morgan fingerprint density at radius 3 is 2.69 bits per heavy atom. The minimum Gasteiger partial charge on any atom is -0.481 e. The highest BCUT2D eigenvalue weighted by molar-refractivity contribution is 5.98. The van der Waals surface area contributed by atoms with Crippen molar-refractivity contribution in [3.63, 3.8) is 0 Å². The van der Waals surface area contributed by atoms with Gasteiger partial charge in [0, 0.05) is 18.5 Å². The second-order valence-electron chi connectivity index (χ2n) is 3.93. The Hall–Kier alpha value is -1.85. The number of amides is 1. The van der Waals surface area contributed by atoms with E-state index < -0.39 is 11.9 Å². The SMILES string of the molecule is Cc1onc(N2CC(C(=O)O)CC2=O)c1C. The molecule has 1 aromatic rings. The topological polar surface area (TPSA) is 83.6 Å². The Kier molecular flexibility index (Phi) is 2.41. The molecule has 0 spiro atoms. The number of carboxylic acids is 1. The molecule has 0 saturated carbocycles. The van der Waals surface area contributed by atoms with Crippen molar-refractivity contribution in [3.8, 4) is 0 Å². The summed E-state index contributed by atoms with van der Waals surface area (Å²) in [6, 6.07) is 0. The van der Waals surface area contributed by atoms with Gasteiger partial charge in [-0.15, -0.1) is 0 Å². The molecule has 16 heavy (non-hydrogen) atoms. The summed E-state index contributed by atoms with van der Waals surface area (Å²) >= 11 is 0. The smallest absolute Gasteiger partial charge is 0.308 e. The predicted octanol–water partition coefficient (Wildman–Crippen LogP) is 0.729. The van der Waals surface area contributed by atoms with E-state index >= 15 is 0 Å². The van der Waals surface area contributed by atoms with Crippen LogP contribution < -0.4 is 4.90 Å². The Bertz CT molecular complexity index is 452. The normalized spacial score (nSPS) is 20.5.